The Morgan fingerprint density at radius 3 is 2.70 bits per heavy atom. The molecule has 1 aliphatic heterocycles. The number of hydrogen-bond donors (Lipinski definition) is 1. The molecule has 4 rings (SSSR count). The van der Waals surface area contributed by atoms with Crippen LogP contribution in [0.4, 0.5) is 5.69 Å². The summed E-state index contributed by atoms with van der Waals surface area (Å²) in [6, 6.07) is 12.9. The summed E-state index contributed by atoms with van der Waals surface area (Å²) >= 11 is 12.1. The van der Waals surface area contributed by atoms with E-state index in [0.29, 0.717) is 28.3 Å². The molecule has 30 heavy (non-hydrogen) atoms. The third-order valence-corrected chi connectivity index (χ3v) is 5.80. The van der Waals surface area contributed by atoms with Crippen molar-refractivity contribution in [3.63, 3.8) is 0 Å². The SMILES string of the molecule is Cc1ccc(Cl)cc1NC(=O)C1CCN(Cc2nc(-c3cccc(Cl)c3)no2)CC1. The number of rotatable bonds is 5. The Morgan fingerprint density at radius 2 is 1.93 bits per heavy atom. The fraction of sp³-hybridized carbons (Fsp3) is 0.318. The molecule has 0 unspecified atom stereocenters. The Labute approximate surface area is 185 Å². The van der Waals surface area contributed by atoms with Gasteiger partial charge in [0.1, 0.15) is 0 Å². The fourth-order valence-corrected chi connectivity index (χ4v) is 3.93. The molecule has 1 fully saturated rings. The molecule has 1 N–H and O–H groups in total. The summed E-state index contributed by atoms with van der Waals surface area (Å²) in [5, 5.41) is 8.31. The summed E-state index contributed by atoms with van der Waals surface area (Å²) in [6.07, 6.45) is 1.56. The third-order valence-electron chi connectivity index (χ3n) is 5.33. The van der Waals surface area contributed by atoms with Crippen LogP contribution < -0.4 is 5.32 Å². The first-order valence-electron chi connectivity index (χ1n) is 9.86. The van der Waals surface area contributed by atoms with Gasteiger partial charge in [0.05, 0.1) is 6.54 Å². The predicted octanol–water partition coefficient (Wildman–Crippen LogP) is 5.20. The number of likely N-dealkylation sites (tertiary alicyclic amines) is 1. The molecule has 6 nitrogen and oxygen atoms in total. The van der Waals surface area contributed by atoms with Crippen LogP contribution in [0.15, 0.2) is 47.0 Å². The molecule has 8 heteroatoms. The highest BCUT2D eigenvalue weighted by Gasteiger charge is 2.26. The van der Waals surface area contributed by atoms with Crippen LogP contribution in [0.25, 0.3) is 11.4 Å². The van der Waals surface area contributed by atoms with Crippen molar-refractivity contribution < 1.29 is 9.32 Å². The number of nitrogens with zero attached hydrogens (tertiary/aromatic N) is 3. The molecule has 1 amide bonds. The number of halogens is 2. The van der Waals surface area contributed by atoms with Gasteiger partial charge in [0.25, 0.3) is 0 Å². The molecule has 2 heterocycles. The smallest absolute Gasteiger partial charge is 0.241 e. The number of aryl methyl sites for hydroxylation is 1. The zero-order valence-corrected chi connectivity index (χ0v) is 18.1. The van der Waals surface area contributed by atoms with Gasteiger partial charge in [-0.1, -0.05) is 46.6 Å². The van der Waals surface area contributed by atoms with Crippen LogP contribution >= 0.6 is 23.2 Å². The van der Waals surface area contributed by atoms with Crippen LogP contribution in [-0.4, -0.2) is 34.0 Å². The number of nitrogens with one attached hydrogen (secondary N) is 1. The molecule has 3 aromatic rings. The average molecular weight is 445 g/mol. The van der Waals surface area contributed by atoms with E-state index in [1.54, 1.807) is 12.1 Å². The molecule has 156 valence electrons. The summed E-state index contributed by atoms with van der Waals surface area (Å²) in [5.74, 6) is 1.10. The highest BCUT2D eigenvalue weighted by molar-refractivity contribution is 6.31. The van der Waals surface area contributed by atoms with E-state index in [1.807, 2.05) is 37.3 Å². The number of anilines is 1. The fourth-order valence-electron chi connectivity index (χ4n) is 3.57. The van der Waals surface area contributed by atoms with Gasteiger partial charge < -0.3 is 9.84 Å². The first-order valence-corrected chi connectivity index (χ1v) is 10.6. The lowest BCUT2D eigenvalue weighted by Crippen LogP contribution is -2.37. The first-order chi connectivity index (χ1) is 14.5. The van der Waals surface area contributed by atoms with Gasteiger partial charge in [-0.25, -0.2) is 0 Å². The van der Waals surface area contributed by atoms with Gasteiger partial charge in [-0.2, -0.15) is 4.98 Å². The minimum absolute atomic E-state index is 0.0238. The number of benzene rings is 2. The van der Waals surface area contributed by atoms with Gasteiger partial charge in [0.2, 0.25) is 17.6 Å². The van der Waals surface area contributed by atoms with E-state index in [-0.39, 0.29) is 11.8 Å². The van der Waals surface area contributed by atoms with E-state index in [2.05, 4.69) is 20.4 Å². The van der Waals surface area contributed by atoms with Gasteiger partial charge in [0.15, 0.2) is 0 Å². The second kappa shape index (κ2) is 9.16. The molecular formula is C22H22Cl2N4O2. The number of hydrogen-bond acceptors (Lipinski definition) is 5. The van der Waals surface area contributed by atoms with Crippen molar-refractivity contribution in [3.8, 4) is 11.4 Å². The summed E-state index contributed by atoms with van der Waals surface area (Å²) in [7, 11) is 0. The van der Waals surface area contributed by atoms with Crippen molar-refractivity contribution in [2.45, 2.75) is 26.3 Å². The van der Waals surface area contributed by atoms with E-state index < -0.39 is 0 Å². The van der Waals surface area contributed by atoms with E-state index >= 15 is 0 Å². The van der Waals surface area contributed by atoms with Crippen LogP contribution in [0, 0.1) is 12.8 Å². The Morgan fingerprint density at radius 1 is 1.17 bits per heavy atom. The van der Waals surface area contributed by atoms with Crippen molar-refractivity contribution >= 4 is 34.8 Å². The minimum atomic E-state index is -0.0238. The molecule has 0 radical (unpaired) electrons. The van der Waals surface area contributed by atoms with Crippen LogP contribution in [0.2, 0.25) is 10.0 Å². The summed E-state index contributed by atoms with van der Waals surface area (Å²) in [6.45, 7) is 4.11. The highest BCUT2D eigenvalue weighted by atomic mass is 35.5. The monoisotopic (exact) mass is 444 g/mol. The van der Waals surface area contributed by atoms with E-state index in [4.69, 9.17) is 27.7 Å². The molecule has 0 atom stereocenters. The summed E-state index contributed by atoms with van der Waals surface area (Å²) < 4.78 is 5.40. The average Bonchev–Trinajstić information content (AvgIpc) is 3.20. The summed E-state index contributed by atoms with van der Waals surface area (Å²) in [5.41, 5.74) is 2.59. The lowest BCUT2D eigenvalue weighted by atomic mass is 9.95. The Kier molecular flexibility index (Phi) is 6.37. The molecule has 0 bridgehead atoms. The van der Waals surface area contributed by atoms with Crippen LogP contribution in [-0.2, 0) is 11.3 Å². The first kappa shape index (κ1) is 20.8. The van der Waals surface area contributed by atoms with Crippen LogP contribution in [0.3, 0.4) is 0 Å². The van der Waals surface area contributed by atoms with E-state index in [9.17, 15) is 4.79 Å². The molecule has 2 aromatic carbocycles. The van der Waals surface area contributed by atoms with Gasteiger partial charge in [-0.15, -0.1) is 0 Å². The number of carbonyl (C=O) groups is 1. The Bertz CT molecular complexity index is 1050. The van der Waals surface area contributed by atoms with E-state index in [0.717, 1.165) is 42.7 Å². The highest BCUT2D eigenvalue weighted by Crippen LogP contribution is 2.25. The summed E-state index contributed by atoms with van der Waals surface area (Å²) in [4.78, 5) is 19.4. The maximum atomic E-state index is 12.7. The van der Waals surface area contributed by atoms with Crippen molar-refractivity contribution in [2.75, 3.05) is 18.4 Å². The molecule has 0 aliphatic carbocycles. The minimum Gasteiger partial charge on any atom is -0.338 e. The maximum Gasteiger partial charge on any atom is 0.241 e. The second-order valence-corrected chi connectivity index (χ2v) is 8.39. The number of carbonyl (C=O) groups excluding carboxylic acids is 1. The van der Waals surface area contributed by atoms with Crippen molar-refractivity contribution in [1.29, 1.82) is 0 Å². The lowest BCUT2D eigenvalue weighted by Gasteiger charge is -2.30. The molecule has 1 aromatic heterocycles. The van der Waals surface area contributed by atoms with Crippen molar-refractivity contribution in [1.82, 2.24) is 15.0 Å². The van der Waals surface area contributed by atoms with Crippen LogP contribution in [0.5, 0.6) is 0 Å². The lowest BCUT2D eigenvalue weighted by molar-refractivity contribution is -0.121. The Hall–Kier alpha value is -2.41. The Balaban J connectivity index is 1.31. The predicted molar refractivity (Wildman–Crippen MR) is 118 cm³/mol. The molecule has 1 saturated heterocycles. The quantitative estimate of drug-likeness (QED) is 0.585. The van der Waals surface area contributed by atoms with Crippen molar-refractivity contribution in [2.24, 2.45) is 5.92 Å². The maximum absolute atomic E-state index is 12.7. The van der Waals surface area contributed by atoms with Gasteiger partial charge in [-0.3, -0.25) is 9.69 Å². The molecule has 1 aliphatic rings. The van der Waals surface area contributed by atoms with E-state index in [1.165, 1.54) is 0 Å². The largest absolute Gasteiger partial charge is 0.338 e. The van der Waals surface area contributed by atoms with Gasteiger partial charge >= 0.3 is 0 Å². The zero-order valence-electron chi connectivity index (χ0n) is 16.6. The standard InChI is InChI=1S/C22H22Cl2N4O2/c1-14-5-6-18(24)12-19(14)25-22(29)15-7-9-28(10-8-15)13-20-26-21(27-30-20)16-3-2-4-17(23)11-16/h2-6,11-12,15H,7-10,13H2,1H3,(H,25,29). The van der Waals surface area contributed by atoms with Crippen LogP contribution in [0.1, 0.15) is 24.3 Å². The molecule has 0 spiro atoms. The second-order valence-electron chi connectivity index (χ2n) is 7.52. The number of amides is 1. The van der Waals surface area contributed by atoms with Gasteiger partial charge in [-0.05, 0) is 62.7 Å². The van der Waals surface area contributed by atoms with Crippen molar-refractivity contribution in [3.05, 3.63) is 64.0 Å². The topological polar surface area (TPSA) is 71.3 Å². The number of aromatic nitrogens is 2. The number of piperidine rings is 1. The van der Waals surface area contributed by atoms with Gasteiger partial charge in [0, 0.05) is 27.2 Å². The molecular weight excluding hydrogens is 423 g/mol. The third kappa shape index (κ3) is 5.01. The normalized spacial score (nSPS) is 15.3. The zero-order chi connectivity index (χ0) is 21.1. The molecule has 0 saturated carbocycles.